The molecule has 2 heterocycles. The van der Waals surface area contributed by atoms with Gasteiger partial charge in [-0.1, -0.05) is 24.4 Å². The molecule has 1 N–H and O–H groups in total. The molecule has 1 aliphatic carbocycles. The number of nitrogens with one attached hydrogen (secondary N) is 1. The molecule has 1 aromatic carbocycles. The Labute approximate surface area is 157 Å². The number of nitrogens with zero attached hydrogens (tertiary/aromatic N) is 3. The van der Waals surface area contributed by atoms with E-state index in [0.29, 0.717) is 36.1 Å². The summed E-state index contributed by atoms with van der Waals surface area (Å²) < 4.78 is 40.7. The first-order valence-corrected chi connectivity index (χ1v) is 10.6. The molecule has 2 aromatic heterocycles. The molecule has 0 atom stereocenters. The summed E-state index contributed by atoms with van der Waals surface area (Å²) in [5, 5.41) is 8.29. The van der Waals surface area contributed by atoms with Crippen molar-refractivity contribution in [1.82, 2.24) is 14.9 Å². The van der Waals surface area contributed by atoms with E-state index in [9.17, 15) is 8.42 Å². The molecule has 9 heteroatoms. The van der Waals surface area contributed by atoms with Crippen LogP contribution in [0.2, 0.25) is 0 Å². The summed E-state index contributed by atoms with van der Waals surface area (Å²) in [7, 11) is -1.98. The maximum absolute atomic E-state index is 12.7. The maximum atomic E-state index is 12.7. The molecule has 0 unspecified atom stereocenters. The summed E-state index contributed by atoms with van der Waals surface area (Å²) in [4.78, 5) is 0. The van der Waals surface area contributed by atoms with Gasteiger partial charge >= 0.3 is 0 Å². The monoisotopic (exact) mass is 390 g/mol. The van der Waals surface area contributed by atoms with Gasteiger partial charge in [-0.15, -0.1) is 0 Å². The smallest absolute Gasteiger partial charge is 0.236 e. The van der Waals surface area contributed by atoms with E-state index in [0.717, 1.165) is 24.8 Å². The average molecular weight is 390 g/mol. The maximum Gasteiger partial charge on any atom is 0.236 e. The minimum absolute atomic E-state index is 0.179. The molecule has 0 aliphatic heterocycles. The fourth-order valence-corrected chi connectivity index (χ4v) is 5.12. The largest absolute Gasteiger partial charge is 0.496 e. The van der Waals surface area contributed by atoms with Crippen molar-refractivity contribution in [3.8, 4) is 5.75 Å². The number of ether oxygens (including phenoxy) is 1. The number of anilines is 1. The van der Waals surface area contributed by atoms with Gasteiger partial charge in [0.15, 0.2) is 11.4 Å². The summed E-state index contributed by atoms with van der Waals surface area (Å²) in [5.74, 6) is 0.690. The zero-order valence-corrected chi connectivity index (χ0v) is 15.9. The van der Waals surface area contributed by atoms with Gasteiger partial charge < -0.3 is 9.26 Å². The van der Waals surface area contributed by atoms with Crippen LogP contribution in [0.25, 0.3) is 11.0 Å². The third kappa shape index (κ3) is 3.64. The normalized spacial score (nSPS) is 15.9. The van der Waals surface area contributed by atoms with E-state index < -0.39 is 10.0 Å². The van der Waals surface area contributed by atoms with Crippen LogP contribution in [0, 0.1) is 0 Å². The van der Waals surface area contributed by atoms with Gasteiger partial charge in [0.25, 0.3) is 0 Å². The second-order valence-corrected chi connectivity index (χ2v) is 8.77. The van der Waals surface area contributed by atoms with Gasteiger partial charge in [0, 0.05) is 12.4 Å². The molecule has 0 amide bonds. The van der Waals surface area contributed by atoms with Crippen LogP contribution in [0.15, 0.2) is 35.1 Å². The van der Waals surface area contributed by atoms with Crippen LogP contribution in [0.1, 0.15) is 37.7 Å². The van der Waals surface area contributed by atoms with Crippen molar-refractivity contribution in [2.75, 3.05) is 11.8 Å². The van der Waals surface area contributed by atoms with Crippen LogP contribution >= 0.6 is 0 Å². The summed E-state index contributed by atoms with van der Waals surface area (Å²) in [6.45, 7) is 0.545. The van der Waals surface area contributed by atoms with Crippen LogP contribution in [0.4, 0.5) is 5.82 Å². The minimum Gasteiger partial charge on any atom is -0.496 e. The number of rotatable bonds is 6. The lowest BCUT2D eigenvalue weighted by Gasteiger charge is -2.21. The van der Waals surface area contributed by atoms with E-state index in [1.807, 2.05) is 24.4 Å². The molecule has 8 nitrogen and oxygen atoms in total. The van der Waals surface area contributed by atoms with Crippen molar-refractivity contribution in [3.63, 3.8) is 0 Å². The second kappa shape index (κ2) is 7.22. The quantitative estimate of drug-likeness (QED) is 0.694. The predicted octanol–water partition coefficient (Wildman–Crippen LogP) is 3.16. The molecule has 1 fully saturated rings. The number of benzene rings is 1. The molecule has 1 aliphatic rings. The van der Waals surface area contributed by atoms with E-state index in [2.05, 4.69) is 15.0 Å². The van der Waals surface area contributed by atoms with Gasteiger partial charge in [0.05, 0.1) is 18.9 Å². The molecule has 0 saturated heterocycles. The second-order valence-electron chi connectivity index (χ2n) is 6.81. The van der Waals surface area contributed by atoms with E-state index >= 15 is 0 Å². The van der Waals surface area contributed by atoms with Crippen LogP contribution < -0.4 is 9.46 Å². The first kappa shape index (κ1) is 17.8. The Bertz CT molecular complexity index is 1020. The molecule has 0 bridgehead atoms. The number of aromatic nitrogens is 3. The summed E-state index contributed by atoms with van der Waals surface area (Å²) in [5.41, 5.74) is 1.39. The molecule has 144 valence electrons. The van der Waals surface area contributed by atoms with Crippen molar-refractivity contribution in [2.24, 2.45) is 0 Å². The van der Waals surface area contributed by atoms with E-state index in [1.165, 1.54) is 0 Å². The molecule has 1 saturated carbocycles. The fourth-order valence-electron chi connectivity index (χ4n) is 3.59. The Hall–Kier alpha value is -2.55. The lowest BCUT2D eigenvalue weighted by Crippen LogP contribution is -2.29. The molecule has 4 rings (SSSR count). The third-order valence-electron chi connectivity index (χ3n) is 4.95. The first-order chi connectivity index (χ1) is 13.1. The molecule has 27 heavy (non-hydrogen) atoms. The SMILES string of the molecule is COc1cc(Cn2cccn2)cc2onc(NS(=O)(=O)C3CCCCC3)c12. The third-order valence-corrected chi connectivity index (χ3v) is 6.78. The zero-order valence-electron chi connectivity index (χ0n) is 15.1. The van der Waals surface area contributed by atoms with Gasteiger partial charge in [-0.3, -0.25) is 9.40 Å². The Morgan fingerprint density at radius 3 is 2.81 bits per heavy atom. The molecule has 3 aromatic rings. The van der Waals surface area contributed by atoms with Crippen molar-refractivity contribution in [3.05, 3.63) is 36.2 Å². The molecule has 0 radical (unpaired) electrons. The van der Waals surface area contributed by atoms with Crippen molar-refractivity contribution < 1.29 is 17.7 Å². The van der Waals surface area contributed by atoms with Gasteiger partial charge in [-0.05, 0) is 36.6 Å². The average Bonchev–Trinajstić information content (AvgIpc) is 3.32. The van der Waals surface area contributed by atoms with E-state index in [-0.39, 0.29) is 11.1 Å². The van der Waals surface area contributed by atoms with Gasteiger partial charge in [0.1, 0.15) is 11.1 Å². The highest BCUT2D eigenvalue weighted by Crippen LogP contribution is 2.35. The van der Waals surface area contributed by atoms with Crippen molar-refractivity contribution in [2.45, 2.75) is 43.9 Å². The zero-order chi connectivity index (χ0) is 18.9. The number of fused-ring (bicyclic) bond motifs is 1. The van der Waals surface area contributed by atoms with Gasteiger partial charge in [0.2, 0.25) is 10.0 Å². The predicted molar refractivity (Wildman–Crippen MR) is 101 cm³/mol. The molecule has 0 spiro atoms. The van der Waals surface area contributed by atoms with Gasteiger partial charge in [-0.25, -0.2) is 8.42 Å². The number of hydrogen-bond donors (Lipinski definition) is 1. The van der Waals surface area contributed by atoms with Crippen LogP contribution in [-0.2, 0) is 16.6 Å². The highest BCUT2D eigenvalue weighted by molar-refractivity contribution is 7.93. The summed E-state index contributed by atoms with van der Waals surface area (Å²) in [6.07, 6.45) is 7.89. The molecular weight excluding hydrogens is 368 g/mol. The molecular formula is C18H22N4O4S. The first-order valence-electron chi connectivity index (χ1n) is 9.02. The Kier molecular flexibility index (Phi) is 4.77. The van der Waals surface area contributed by atoms with Gasteiger partial charge in [-0.2, -0.15) is 5.10 Å². The van der Waals surface area contributed by atoms with Crippen LogP contribution in [0.3, 0.4) is 0 Å². The highest BCUT2D eigenvalue weighted by Gasteiger charge is 2.29. The summed E-state index contributed by atoms with van der Waals surface area (Å²) >= 11 is 0. The standard InChI is InChI=1S/C18H22N4O4S/c1-25-15-10-13(12-22-9-5-8-19-22)11-16-17(15)18(20-26-16)21-27(23,24)14-6-3-2-4-7-14/h5,8-11,14H,2-4,6-7,12H2,1H3,(H,20,21). The number of hydrogen-bond acceptors (Lipinski definition) is 6. The Morgan fingerprint density at radius 1 is 1.30 bits per heavy atom. The lowest BCUT2D eigenvalue weighted by molar-refractivity contribution is 0.418. The number of methoxy groups -OCH3 is 1. The lowest BCUT2D eigenvalue weighted by atomic mass is 10.0. The fraction of sp³-hybridized carbons (Fsp3) is 0.444. The minimum atomic E-state index is -3.52. The highest BCUT2D eigenvalue weighted by atomic mass is 32.2. The van der Waals surface area contributed by atoms with Crippen molar-refractivity contribution >= 4 is 26.8 Å². The van der Waals surface area contributed by atoms with Crippen molar-refractivity contribution in [1.29, 1.82) is 0 Å². The van der Waals surface area contributed by atoms with Crippen LogP contribution in [0.5, 0.6) is 5.75 Å². The Balaban J connectivity index is 1.66. The Morgan fingerprint density at radius 2 is 2.11 bits per heavy atom. The van der Waals surface area contributed by atoms with E-state index in [1.54, 1.807) is 18.0 Å². The topological polar surface area (TPSA) is 99.2 Å². The number of sulfonamides is 1. The van der Waals surface area contributed by atoms with E-state index in [4.69, 9.17) is 9.26 Å². The van der Waals surface area contributed by atoms with Crippen LogP contribution in [-0.4, -0.2) is 35.7 Å². The summed E-state index contributed by atoms with van der Waals surface area (Å²) in [6, 6.07) is 5.52.